The summed E-state index contributed by atoms with van der Waals surface area (Å²) in [5.41, 5.74) is 4.44. The van der Waals surface area contributed by atoms with Crippen molar-refractivity contribution in [2.24, 2.45) is 5.92 Å². The second-order valence-corrected chi connectivity index (χ2v) is 6.54. The second-order valence-electron chi connectivity index (χ2n) is 6.54. The van der Waals surface area contributed by atoms with Gasteiger partial charge in [-0.2, -0.15) is 0 Å². The molecule has 0 atom stereocenters. The molecule has 0 radical (unpaired) electrons. The van der Waals surface area contributed by atoms with E-state index in [1.54, 1.807) is 0 Å². The van der Waals surface area contributed by atoms with Crippen LogP contribution in [-0.4, -0.2) is 13.2 Å². The van der Waals surface area contributed by atoms with Gasteiger partial charge >= 0.3 is 0 Å². The Morgan fingerprint density at radius 1 is 1.12 bits per heavy atom. The van der Waals surface area contributed by atoms with Crippen LogP contribution in [0.5, 0.6) is 11.5 Å². The largest absolute Gasteiger partial charge is 0.493 e. The van der Waals surface area contributed by atoms with Gasteiger partial charge in [-0.1, -0.05) is 19.1 Å². The Kier molecular flexibility index (Phi) is 4.01. The summed E-state index contributed by atoms with van der Waals surface area (Å²) in [5.74, 6) is 2.24. The predicted octanol–water partition coefficient (Wildman–Crippen LogP) is 5.22. The Labute approximate surface area is 141 Å². The summed E-state index contributed by atoms with van der Waals surface area (Å²) in [4.78, 5) is 0. The predicted molar refractivity (Wildman–Crippen MR) is 92.9 cm³/mol. The molecule has 0 unspecified atom stereocenters. The monoisotopic (exact) mass is 324 g/mol. The van der Waals surface area contributed by atoms with Crippen molar-refractivity contribution in [3.05, 3.63) is 65.0 Å². The van der Waals surface area contributed by atoms with E-state index in [2.05, 4.69) is 13.0 Å². The van der Waals surface area contributed by atoms with Crippen LogP contribution in [0.3, 0.4) is 0 Å². The zero-order chi connectivity index (χ0) is 16.5. The van der Waals surface area contributed by atoms with Gasteiger partial charge in [-0.3, -0.25) is 0 Å². The normalized spacial score (nSPS) is 16.6. The van der Waals surface area contributed by atoms with Crippen LogP contribution in [0.25, 0.3) is 5.57 Å². The first-order valence-corrected chi connectivity index (χ1v) is 8.62. The van der Waals surface area contributed by atoms with Gasteiger partial charge in [0.15, 0.2) is 0 Å². The van der Waals surface area contributed by atoms with Crippen LogP contribution < -0.4 is 9.47 Å². The number of ether oxygens (including phenoxy) is 2. The molecule has 2 aliphatic rings. The topological polar surface area (TPSA) is 18.5 Å². The van der Waals surface area contributed by atoms with Crippen LogP contribution in [0.2, 0.25) is 0 Å². The highest BCUT2D eigenvalue weighted by atomic mass is 19.1. The van der Waals surface area contributed by atoms with Crippen LogP contribution in [0.15, 0.2) is 48.0 Å². The van der Waals surface area contributed by atoms with Crippen LogP contribution in [0.4, 0.5) is 4.39 Å². The molecule has 24 heavy (non-hydrogen) atoms. The number of halogens is 1. The summed E-state index contributed by atoms with van der Waals surface area (Å²) < 4.78 is 25.2. The summed E-state index contributed by atoms with van der Waals surface area (Å²) in [6.45, 7) is 3.50. The molecule has 0 bridgehead atoms. The number of fused-ring (bicyclic) bond motifs is 1. The minimum absolute atomic E-state index is 0.216. The maximum absolute atomic E-state index is 13.3. The van der Waals surface area contributed by atoms with Crippen LogP contribution in [0.1, 0.15) is 37.3 Å². The van der Waals surface area contributed by atoms with Gasteiger partial charge in [-0.25, -0.2) is 4.39 Å². The summed E-state index contributed by atoms with van der Waals surface area (Å²) >= 11 is 0. The zero-order valence-corrected chi connectivity index (χ0v) is 13.8. The minimum Gasteiger partial charge on any atom is -0.493 e. The molecule has 4 rings (SSSR count). The van der Waals surface area contributed by atoms with Gasteiger partial charge in [0.2, 0.25) is 0 Å². The molecule has 0 amide bonds. The third-order valence-corrected chi connectivity index (χ3v) is 4.72. The van der Waals surface area contributed by atoms with E-state index in [0.717, 1.165) is 47.1 Å². The third kappa shape index (κ3) is 3.03. The molecular formula is C21H21FO2. The summed E-state index contributed by atoms with van der Waals surface area (Å²) in [6.07, 6.45) is 3.45. The second kappa shape index (κ2) is 6.31. The van der Waals surface area contributed by atoms with E-state index < -0.39 is 0 Å². The lowest BCUT2D eigenvalue weighted by Crippen LogP contribution is -2.12. The Bertz CT molecular complexity index is 773. The third-order valence-electron chi connectivity index (χ3n) is 4.72. The van der Waals surface area contributed by atoms with E-state index >= 15 is 0 Å². The molecule has 1 saturated carbocycles. The lowest BCUT2D eigenvalue weighted by molar-refractivity contribution is 0.297. The molecule has 2 aromatic carbocycles. The lowest BCUT2D eigenvalue weighted by Gasteiger charge is -2.25. The lowest BCUT2D eigenvalue weighted by atomic mass is 9.90. The average molecular weight is 324 g/mol. The SMILES string of the molecule is CCC1=C(c2ccc(F)cc2)c2cc(OCC3CC3)ccc2OC1. The number of benzene rings is 2. The average Bonchev–Trinajstić information content (AvgIpc) is 3.44. The van der Waals surface area contributed by atoms with E-state index in [1.807, 2.05) is 24.3 Å². The summed E-state index contributed by atoms with van der Waals surface area (Å²) in [7, 11) is 0. The van der Waals surface area contributed by atoms with Gasteiger partial charge in [-0.15, -0.1) is 0 Å². The van der Waals surface area contributed by atoms with E-state index in [9.17, 15) is 4.39 Å². The fraction of sp³-hybridized carbons (Fsp3) is 0.333. The quantitative estimate of drug-likeness (QED) is 0.751. The van der Waals surface area contributed by atoms with Gasteiger partial charge < -0.3 is 9.47 Å². The van der Waals surface area contributed by atoms with Crippen LogP contribution in [-0.2, 0) is 0 Å². The highest BCUT2D eigenvalue weighted by molar-refractivity contribution is 5.86. The Balaban J connectivity index is 1.74. The molecule has 124 valence electrons. The van der Waals surface area contributed by atoms with E-state index in [-0.39, 0.29) is 5.82 Å². The Hall–Kier alpha value is -2.29. The van der Waals surface area contributed by atoms with E-state index in [1.165, 1.54) is 30.5 Å². The van der Waals surface area contributed by atoms with Crippen molar-refractivity contribution in [2.75, 3.05) is 13.2 Å². The fourth-order valence-electron chi connectivity index (χ4n) is 3.10. The number of rotatable bonds is 5. The molecule has 0 N–H and O–H groups in total. The minimum atomic E-state index is -0.216. The van der Waals surface area contributed by atoms with Crippen LogP contribution in [0, 0.1) is 11.7 Å². The highest BCUT2D eigenvalue weighted by Crippen LogP contribution is 2.40. The van der Waals surface area contributed by atoms with Gasteiger partial charge in [-0.05, 0) is 72.2 Å². The highest BCUT2D eigenvalue weighted by Gasteiger charge is 2.24. The first-order chi connectivity index (χ1) is 11.7. The van der Waals surface area contributed by atoms with Crippen molar-refractivity contribution < 1.29 is 13.9 Å². The summed E-state index contributed by atoms with van der Waals surface area (Å²) in [6, 6.07) is 12.7. The molecule has 0 aromatic heterocycles. The number of hydrogen-bond donors (Lipinski definition) is 0. The van der Waals surface area contributed by atoms with Crippen molar-refractivity contribution >= 4 is 5.57 Å². The van der Waals surface area contributed by atoms with Crippen molar-refractivity contribution in [1.82, 2.24) is 0 Å². The first kappa shape index (κ1) is 15.3. The molecule has 0 saturated heterocycles. The molecular weight excluding hydrogens is 303 g/mol. The molecule has 1 aliphatic carbocycles. The van der Waals surface area contributed by atoms with Crippen LogP contribution >= 0.6 is 0 Å². The van der Waals surface area contributed by atoms with Crippen molar-refractivity contribution in [2.45, 2.75) is 26.2 Å². The fourth-order valence-corrected chi connectivity index (χ4v) is 3.10. The van der Waals surface area contributed by atoms with Gasteiger partial charge in [0.25, 0.3) is 0 Å². The Morgan fingerprint density at radius 3 is 2.62 bits per heavy atom. The first-order valence-electron chi connectivity index (χ1n) is 8.62. The molecule has 0 spiro atoms. The zero-order valence-electron chi connectivity index (χ0n) is 13.8. The van der Waals surface area contributed by atoms with Gasteiger partial charge in [0.05, 0.1) is 6.61 Å². The summed E-state index contributed by atoms with van der Waals surface area (Å²) in [5, 5.41) is 0. The van der Waals surface area contributed by atoms with Crippen molar-refractivity contribution in [3.8, 4) is 11.5 Å². The van der Waals surface area contributed by atoms with Gasteiger partial charge in [0.1, 0.15) is 23.9 Å². The van der Waals surface area contributed by atoms with E-state index in [4.69, 9.17) is 9.47 Å². The van der Waals surface area contributed by atoms with Crippen molar-refractivity contribution in [3.63, 3.8) is 0 Å². The Morgan fingerprint density at radius 2 is 1.92 bits per heavy atom. The number of hydrogen-bond acceptors (Lipinski definition) is 2. The van der Waals surface area contributed by atoms with Gasteiger partial charge in [0, 0.05) is 5.56 Å². The standard InChI is InChI=1S/C21H21FO2/c1-2-15-13-24-20-10-9-18(23-12-14-3-4-14)11-19(20)21(15)16-5-7-17(22)8-6-16/h5-11,14H,2-4,12-13H2,1H3. The maximum Gasteiger partial charge on any atom is 0.127 e. The molecule has 1 heterocycles. The molecule has 1 fully saturated rings. The smallest absolute Gasteiger partial charge is 0.127 e. The maximum atomic E-state index is 13.3. The molecule has 1 aliphatic heterocycles. The van der Waals surface area contributed by atoms with Crippen molar-refractivity contribution in [1.29, 1.82) is 0 Å². The molecule has 3 heteroatoms. The molecule has 2 nitrogen and oxygen atoms in total. The van der Waals surface area contributed by atoms with E-state index in [0.29, 0.717) is 6.61 Å². The molecule has 2 aromatic rings.